The van der Waals surface area contributed by atoms with Gasteiger partial charge >= 0.3 is 0 Å². The van der Waals surface area contributed by atoms with Crippen LogP contribution < -0.4 is 5.32 Å². The first-order valence-corrected chi connectivity index (χ1v) is 10.6. The average Bonchev–Trinajstić information content (AvgIpc) is 3.38. The Labute approximate surface area is 169 Å². The van der Waals surface area contributed by atoms with Crippen LogP contribution in [-0.4, -0.2) is 58.7 Å². The van der Waals surface area contributed by atoms with Crippen molar-refractivity contribution in [2.24, 2.45) is 5.92 Å². The summed E-state index contributed by atoms with van der Waals surface area (Å²) in [4.78, 5) is 41.4. The first-order valence-electron chi connectivity index (χ1n) is 10.6. The summed E-state index contributed by atoms with van der Waals surface area (Å²) in [5.41, 5.74) is -0.0847. The van der Waals surface area contributed by atoms with Gasteiger partial charge in [0.25, 0.3) is 0 Å². The lowest BCUT2D eigenvalue weighted by molar-refractivity contribution is -0.135. The molecule has 0 radical (unpaired) electrons. The van der Waals surface area contributed by atoms with Crippen LogP contribution in [0.1, 0.15) is 50.0 Å². The summed E-state index contributed by atoms with van der Waals surface area (Å²) in [5.74, 6) is -0.937. The fourth-order valence-corrected chi connectivity index (χ4v) is 5.47. The van der Waals surface area contributed by atoms with Crippen LogP contribution in [0.25, 0.3) is 0 Å². The van der Waals surface area contributed by atoms with Gasteiger partial charge in [0.1, 0.15) is 5.82 Å². The van der Waals surface area contributed by atoms with Gasteiger partial charge in [-0.15, -0.1) is 0 Å². The molecule has 154 valence electrons. The van der Waals surface area contributed by atoms with Gasteiger partial charge in [0.05, 0.1) is 11.5 Å². The average molecular weight is 399 g/mol. The van der Waals surface area contributed by atoms with Crippen LogP contribution in [0.2, 0.25) is 0 Å². The van der Waals surface area contributed by atoms with Gasteiger partial charge in [-0.25, -0.2) is 4.39 Å². The molecule has 29 heavy (non-hydrogen) atoms. The van der Waals surface area contributed by atoms with Crippen LogP contribution in [-0.2, 0) is 14.4 Å². The molecule has 1 aromatic rings. The summed E-state index contributed by atoms with van der Waals surface area (Å²) >= 11 is 0. The second kappa shape index (κ2) is 6.82. The molecular weight excluding hydrogens is 373 g/mol. The number of hydrogen-bond acceptors (Lipinski definition) is 3. The van der Waals surface area contributed by atoms with E-state index in [-0.39, 0.29) is 41.8 Å². The normalized spacial score (nSPS) is 32.2. The lowest BCUT2D eigenvalue weighted by Crippen LogP contribution is -2.56. The summed E-state index contributed by atoms with van der Waals surface area (Å²) in [6.07, 6.45) is 4.24. The summed E-state index contributed by atoms with van der Waals surface area (Å²) in [6.45, 7) is 1.24. The lowest BCUT2D eigenvalue weighted by Gasteiger charge is -2.39. The molecule has 6 nitrogen and oxygen atoms in total. The quantitative estimate of drug-likeness (QED) is 0.843. The molecule has 3 aliphatic heterocycles. The summed E-state index contributed by atoms with van der Waals surface area (Å²) < 4.78 is 14.6. The molecule has 0 bridgehead atoms. The number of nitrogens with zero attached hydrogens (tertiary/aromatic N) is 2. The van der Waals surface area contributed by atoms with Crippen molar-refractivity contribution < 1.29 is 18.8 Å². The molecule has 1 N–H and O–H groups in total. The standard InChI is InChI=1S/C22H26FN3O3/c23-18-5-2-1-4-16(18)17-12-25(13-22(17)9-3-6-19(27)24-22)21(29)14-10-20(28)26(11-14)15-7-8-15/h1-2,4-5,14-15,17H,3,6-13H2,(H,24,27)/t14?,17-,22+/m0/s1. The highest BCUT2D eigenvalue weighted by Gasteiger charge is 2.53. The van der Waals surface area contributed by atoms with E-state index in [2.05, 4.69) is 5.32 Å². The van der Waals surface area contributed by atoms with Gasteiger partial charge in [-0.3, -0.25) is 14.4 Å². The van der Waals surface area contributed by atoms with Crippen LogP contribution in [0.5, 0.6) is 0 Å². The third kappa shape index (κ3) is 3.20. The molecular formula is C22H26FN3O3. The van der Waals surface area contributed by atoms with Gasteiger partial charge in [-0.2, -0.15) is 0 Å². The largest absolute Gasteiger partial charge is 0.348 e. The minimum Gasteiger partial charge on any atom is -0.348 e. The molecule has 0 aromatic heterocycles. The number of rotatable bonds is 3. The van der Waals surface area contributed by atoms with E-state index >= 15 is 0 Å². The Morgan fingerprint density at radius 1 is 1.17 bits per heavy atom. The molecule has 1 unspecified atom stereocenters. The number of likely N-dealkylation sites (tertiary alicyclic amines) is 2. The van der Waals surface area contributed by atoms with E-state index in [0.29, 0.717) is 37.7 Å². The fourth-order valence-electron chi connectivity index (χ4n) is 5.47. The minimum absolute atomic E-state index is 0.0390. The van der Waals surface area contributed by atoms with Crippen molar-refractivity contribution in [1.29, 1.82) is 0 Å². The molecule has 3 amide bonds. The fraction of sp³-hybridized carbons (Fsp3) is 0.591. The maximum atomic E-state index is 14.6. The van der Waals surface area contributed by atoms with Gasteiger partial charge in [-0.1, -0.05) is 18.2 Å². The maximum Gasteiger partial charge on any atom is 0.228 e. The van der Waals surface area contributed by atoms with E-state index in [1.807, 2.05) is 4.90 Å². The predicted octanol–water partition coefficient (Wildman–Crippen LogP) is 1.80. The van der Waals surface area contributed by atoms with Crippen molar-refractivity contribution in [1.82, 2.24) is 15.1 Å². The monoisotopic (exact) mass is 399 g/mol. The zero-order valence-corrected chi connectivity index (χ0v) is 16.4. The highest BCUT2D eigenvalue weighted by atomic mass is 19.1. The molecule has 3 heterocycles. The van der Waals surface area contributed by atoms with E-state index in [1.54, 1.807) is 23.1 Å². The first kappa shape index (κ1) is 18.6. The molecule has 1 saturated carbocycles. The molecule has 7 heteroatoms. The van der Waals surface area contributed by atoms with Gasteiger partial charge in [0.15, 0.2) is 0 Å². The molecule has 3 atom stereocenters. The highest BCUT2D eigenvalue weighted by molar-refractivity contribution is 5.90. The van der Waals surface area contributed by atoms with E-state index in [4.69, 9.17) is 0 Å². The number of carbonyl (C=O) groups is 3. The molecule has 3 saturated heterocycles. The van der Waals surface area contributed by atoms with Gasteiger partial charge in [0, 0.05) is 44.4 Å². The Morgan fingerprint density at radius 3 is 2.69 bits per heavy atom. The molecule has 4 fully saturated rings. The van der Waals surface area contributed by atoms with Crippen LogP contribution >= 0.6 is 0 Å². The Morgan fingerprint density at radius 2 is 1.97 bits per heavy atom. The number of carbonyl (C=O) groups excluding carboxylic acids is 3. The molecule has 1 spiro atoms. The van der Waals surface area contributed by atoms with E-state index in [1.165, 1.54) is 6.07 Å². The van der Waals surface area contributed by atoms with E-state index in [0.717, 1.165) is 25.7 Å². The van der Waals surface area contributed by atoms with Crippen molar-refractivity contribution in [2.45, 2.75) is 56.0 Å². The van der Waals surface area contributed by atoms with Gasteiger partial charge in [-0.05, 0) is 37.3 Å². The minimum atomic E-state index is -0.633. The van der Waals surface area contributed by atoms with Crippen LogP contribution in [0, 0.1) is 11.7 Å². The highest BCUT2D eigenvalue weighted by Crippen LogP contribution is 2.43. The summed E-state index contributed by atoms with van der Waals surface area (Å²) in [5, 5.41) is 3.11. The number of benzene rings is 1. The van der Waals surface area contributed by atoms with E-state index < -0.39 is 5.54 Å². The van der Waals surface area contributed by atoms with Crippen LogP contribution in [0.3, 0.4) is 0 Å². The Kier molecular flexibility index (Phi) is 4.37. The number of nitrogens with one attached hydrogen (secondary N) is 1. The summed E-state index contributed by atoms with van der Waals surface area (Å²) in [6, 6.07) is 6.95. The van der Waals surface area contributed by atoms with Crippen molar-refractivity contribution >= 4 is 17.7 Å². The van der Waals surface area contributed by atoms with E-state index in [9.17, 15) is 18.8 Å². The summed E-state index contributed by atoms with van der Waals surface area (Å²) in [7, 11) is 0. The Bertz CT molecular complexity index is 871. The first-order chi connectivity index (χ1) is 14.0. The zero-order chi connectivity index (χ0) is 20.2. The van der Waals surface area contributed by atoms with Gasteiger partial charge in [0.2, 0.25) is 17.7 Å². The zero-order valence-electron chi connectivity index (χ0n) is 16.4. The molecule has 1 aliphatic carbocycles. The molecule has 5 rings (SSSR count). The van der Waals surface area contributed by atoms with Crippen LogP contribution in [0.15, 0.2) is 24.3 Å². The Hall–Kier alpha value is -2.44. The van der Waals surface area contributed by atoms with Crippen LogP contribution in [0.4, 0.5) is 4.39 Å². The third-order valence-corrected chi connectivity index (χ3v) is 7.05. The van der Waals surface area contributed by atoms with Crippen molar-refractivity contribution in [3.63, 3.8) is 0 Å². The number of amides is 3. The topological polar surface area (TPSA) is 69.7 Å². The number of piperidine rings is 1. The number of hydrogen-bond donors (Lipinski definition) is 1. The number of halogens is 1. The predicted molar refractivity (Wildman–Crippen MR) is 103 cm³/mol. The second-order valence-corrected chi connectivity index (χ2v) is 9.03. The SMILES string of the molecule is O=C1CCC[C@]2(CN(C(=O)C3CC(=O)N(C4CC4)C3)C[C@H]2c2ccccc2F)N1. The molecule has 4 aliphatic rings. The van der Waals surface area contributed by atoms with Crippen molar-refractivity contribution in [3.05, 3.63) is 35.6 Å². The second-order valence-electron chi connectivity index (χ2n) is 9.03. The molecule has 1 aromatic carbocycles. The van der Waals surface area contributed by atoms with Crippen molar-refractivity contribution in [3.8, 4) is 0 Å². The Balaban J connectivity index is 1.41. The van der Waals surface area contributed by atoms with Crippen molar-refractivity contribution in [2.75, 3.05) is 19.6 Å². The third-order valence-electron chi connectivity index (χ3n) is 7.05. The van der Waals surface area contributed by atoms with Gasteiger partial charge < -0.3 is 15.1 Å². The lowest BCUT2D eigenvalue weighted by atomic mass is 9.76. The maximum absolute atomic E-state index is 14.6. The smallest absolute Gasteiger partial charge is 0.228 e.